The number of nitro groups is 1. The third-order valence-corrected chi connectivity index (χ3v) is 13.2. The summed E-state index contributed by atoms with van der Waals surface area (Å²) in [5, 5.41) is 35.7. The van der Waals surface area contributed by atoms with Gasteiger partial charge in [0.15, 0.2) is 0 Å². The highest BCUT2D eigenvalue weighted by molar-refractivity contribution is 8.00. The zero-order valence-corrected chi connectivity index (χ0v) is 35.0. The number of halogens is 1. The second-order valence-electron chi connectivity index (χ2n) is 15.6. The quantitative estimate of drug-likeness (QED) is 0.0337. The predicted molar refractivity (Wildman–Crippen MR) is 232 cm³/mol. The second kappa shape index (κ2) is 21.1. The van der Waals surface area contributed by atoms with Gasteiger partial charge in [-0.05, 0) is 90.8 Å². The average Bonchev–Trinajstić information content (AvgIpc) is 3.27. The molecule has 0 bridgehead atoms. The monoisotopic (exact) mass is 852 g/mol. The van der Waals surface area contributed by atoms with Crippen LogP contribution in [-0.4, -0.2) is 67.4 Å². The van der Waals surface area contributed by atoms with Gasteiger partial charge in [-0.25, -0.2) is 4.39 Å². The van der Waals surface area contributed by atoms with Gasteiger partial charge in [-0.3, -0.25) is 20.1 Å². The van der Waals surface area contributed by atoms with Gasteiger partial charge in [-0.15, -0.1) is 6.58 Å². The Hall–Kier alpha value is -5.15. The molecule has 6 unspecified atom stereocenters. The number of hydrogen-bond acceptors (Lipinski definition) is 12. The molecule has 61 heavy (non-hydrogen) atoms. The van der Waals surface area contributed by atoms with E-state index in [1.165, 1.54) is 18.2 Å². The number of nitro benzene ring substituents is 1. The molecule has 0 radical (unpaired) electrons. The van der Waals surface area contributed by atoms with Gasteiger partial charge in [-0.2, -0.15) is 11.8 Å². The number of rotatable bonds is 22. The summed E-state index contributed by atoms with van der Waals surface area (Å²) in [5.41, 5.74) is 4.75. The van der Waals surface area contributed by atoms with E-state index >= 15 is 0 Å². The van der Waals surface area contributed by atoms with Crippen LogP contribution in [-0.2, 0) is 29.2 Å². The fraction of sp³-hybridized carbons (Fsp3) is 0.426. The molecule has 0 saturated heterocycles. The number of aliphatic hydroxyl groups is 2. The Morgan fingerprint density at radius 2 is 1.84 bits per heavy atom. The van der Waals surface area contributed by atoms with Crippen molar-refractivity contribution in [3.63, 3.8) is 0 Å². The fourth-order valence-corrected chi connectivity index (χ4v) is 10.4. The minimum Gasteiger partial charge on any atom is -0.489 e. The number of aryl methyl sites for hydroxylation is 1. The van der Waals surface area contributed by atoms with Crippen molar-refractivity contribution in [1.82, 2.24) is 9.97 Å². The third-order valence-electron chi connectivity index (χ3n) is 11.8. The van der Waals surface area contributed by atoms with E-state index in [0.717, 1.165) is 53.8 Å². The van der Waals surface area contributed by atoms with Gasteiger partial charge in [-0.1, -0.05) is 48.3 Å². The summed E-state index contributed by atoms with van der Waals surface area (Å²) in [6, 6.07) is 18.6. The summed E-state index contributed by atoms with van der Waals surface area (Å²) in [6.45, 7) is 4.59. The van der Waals surface area contributed by atoms with E-state index in [2.05, 4.69) is 22.6 Å². The lowest BCUT2D eigenvalue weighted by molar-refractivity contribution is -0.384. The van der Waals surface area contributed by atoms with Crippen LogP contribution in [0.2, 0.25) is 0 Å². The van der Waals surface area contributed by atoms with Crippen molar-refractivity contribution >= 4 is 23.2 Å². The summed E-state index contributed by atoms with van der Waals surface area (Å²) in [7, 11) is 0. The van der Waals surface area contributed by atoms with E-state index in [0.29, 0.717) is 48.5 Å². The van der Waals surface area contributed by atoms with Gasteiger partial charge in [0, 0.05) is 73.8 Å². The van der Waals surface area contributed by atoms with Crippen LogP contribution in [0.3, 0.4) is 0 Å². The van der Waals surface area contributed by atoms with Gasteiger partial charge in [0.1, 0.15) is 30.5 Å². The van der Waals surface area contributed by atoms with Gasteiger partial charge in [0.2, 0.25) is 5.79 Å². The normalized spacial score (nSPS) is 23.3. The Bertz CT molecular complexity index is 2160. The first-order valence-corrected chi connectivity index (χ1v) is 22.1. The van der Waals surface area contributed by atoms with Crippen LogP contribution in [0, 0.1) is 33.7 Å². The second-order valence-corrected chi connectivity index (χ2v) is 17.0. The SMILES string of the molecule is C=CCOC12Oc3ccc(OCc4ccccc4F)cc3C3C(CCCCO)C(CCCCO)C=C(C(=NOCc4ccc([N+](=O)[O-])cc4)CC1SCCc1cnccn1)C32. The molecule has 3 aliphatic rings. The molecule has 0 amide bonds. The van der Waals surface area contributed by atoms with E-state index in [4.69, 9.17) is 24.2 Å². The minimum absolute atomic E-state index is 0.00267. The number of hydrogen-bond donors (Lipinski definition) is 2. The highest BCUT2D eigenvalue weighted by atomic mass is 32.2. The molecule has 12 nitrogen and oxygen atoms in total. The number of aromatic nitrogens is 2. The van der Waals surface area contributed by atoms with Gasteiger partial charge >= 0.3 is 0 Å². The maximum absolute atomic E-state index is 14.7. The molecular weight excluding hydrogens is 800 g/mol. The molecule has 14 heteroatoms. The van der Waals surface area contributed by atoms with E-state index < -0.39 is 10.7 Å². The van der Waals surface area contributed by atoms with Crippen molar-refractivity contribution in [3.8, 4) is 11.5 Å². The molecule has 6 atom stereocenters. The summed E-state index contributed by atoms with van der Waals surface area (Å²) < 4.78 is 35.3. The molecule has 3 aromatic carbocycles. The first kappa shape index (κ1) is 43.9. The van der Waals surface area contributed by atoms with Crippen LogP contribution in [0.15, 0.2) is 115 Å². The molecule has 2 N–H and O–H groups in total. The maximum atomic E-state index is 14.7. The number of unbranched alkanes of at least 4 members (excludes halogenated alkanes) is 2. The number of ether oxygens (including phenoxy) is 3. The van der Waals surface area contributed by atoms with Crippen molar-refractivity contribution < 1.29 is 38.6 Å². The number of fused-ring (bicyclic) bond motifs is 2. The highest BCUT2D eigenvalue weighted by Crippen LogP contribution is 2.62. The number of non-ortho nitro benzene ring substituents is 1. The zero-order valence-electron chi connectivity index (χ0n) is 34.1. The third kappa shape index (κ3) is 10.3. The summed E-state index contributed by atoms with van der Waals surface area (Å²) in [6.07, 6.45) is 14.9. The maximum Gasteiger partial charge on any atom is 0.269 e. The standard InChI is InChI=1S/C47H53FN4O8S/c1-2-24-58-47-44(61-25-19-35-29-49-20-21-50-35)28-42(51-59-30-32-13-15-36(16-14-32)52(55)56)39-26-33(9-5-7-22-53)38(11-6-8-23-54)45(46(39)47)40-27-37(17-18-43(40)60-47)57-31-34-10-3-4-12-41(34)48/h2-4,10,12-18,20-21,26-27,29,33,38,44-46,53-54H,1,5-9,11,19,22-25,28,30-31H2. The molecule has 2 heterocycles. The highest BCUT2D eigenvalue weighted by Gasteiger charge is 2.64. The van der Waals surface area contributed by atoms with Crippen LogP contribution in [0.1, 0.15) is 73.2 Å². The molecule has 7 rings (SSSR count). The Labute approximate surface area is 360 Å². The Morgan fingerprint density at radius 1 is 1.03 bits per heavy atom. The number of oxime groups is 1. The van der Waals surface area contributed by atoms with Crippen LogP contribution >= 0.6 is 11.8 Å². The largest absolute Gasteiger partial charge is 0.489 e. The van der Waals surface area contributed by atoms with E-state index in [-0.39, 0.29) is 73.5 Å². The minimum atomic E-state index is -1.16. The van der Waals surface area contributed by atoms with Crippen molar-refractivity contribution in [2.45, 2.75) is 81.5 Å². The van der Waals surface area contributed by atoms with Crippen molar-refractivity contribution in [2.24, 2.45) is 22.9 Å². The number of benzene rings is 3. The number of nitrogens with zero attached hydrogens (tertiary/aromatic N) is 4. The number of allylic oxidation sites excluding steroid dienone is 1. The average molecular weight is 853 g/mol. The first-order chi connectivity index (χ1) is 29.8. The first-order valence-electron chi connectivity index (χ1n) is 21.0. The Morgan fingerprint density at radius 3 is 2.57 bits per heavy atom. The van der Waals surface area contributed by atoms with Crippen molar-refractivity contribution in [2.75, 3.05) is 25.6 Å². The van der Waals surface area contributed by atoms with Crippen LogP contribution in [0.4, 0.5) is 10.1 Å². The molecule has 2 aliphatic carbocycles. The predicted octanol–water partition coefficient (Wildman–Crippen LogP) is 8.91. The number of thioether (sulfide) groups is 1. The van der Waals surface area contributed by atoms with Gasteiger partial charge in [0.25, 0.3) is 5.69 Å². The van der Waals surface area contributed by atoms with Crippen molar-refractivity contribution in [1.29, 1.82) is 0 Å². The lowest BCUT2D eigenvalue weighted by Gasteiger charge is -2.58. The van der Waals surface area contributed by atoms with Crippen molar-refractivity contribution in [3.05, 3.63) is 148 Å². The van der Waals surface area contributed by atoms with E-state index in [9.17, 15) is 24.7 Å². The lowest BCUT2D eigenvalue weighted by Crippen LogP contribution is -2.64. The smallest absolute Gasteiger partial charge is 0.269 e. The molecule has 1 fully saturated rings. The fourth-order valence-electron chi connectivity index (χ4n) is 9.01. The molecule has 1 aliphatic heterocycles. The molecule has 0 spiro atoms. The van der Waals surface area contributed by atoms with E-state index in [1.54, 1.807) is 66.8 Å². The summed E-state index contributed by atoms with van der Waals surface area (Å²) in [5.74, 6) is 0.0952. The molecule has 1 saturated carbocycles. The molecule has 322 valence electrons. The lowest BCUT2D eigenvalue weighted by atomic mass is 9.56. The molecule has 1 aromatic heterocycles. The summed E-state index contributed by atoms with van der Waals surface area (Å²) >= 11 is 1.73. The topological polar surface area (TPSA) is 159 Å². The van der Waals surface area contributed by atoms with E-state index in [1.807, 2.05) is 18.2 Å². The number of aliphatic hydroxyl groups excluding tert-OH is 2. The van der Waals surface area contributed by atoms with Crippen LogP contribution in [0.5, 0.6) is 11.5 Å². The Kier molecular flexibility index (Phi) is 15.2. The summed E-state index contributed by atoms with van der Waals surface area (Å²) in [4.78, 5) is 25.8. The van der Waals surface area contributed by atoms with Gasteiger partial charge in [0.05, 0.1) is 34.1 Å². The zero-order chi connectivity index (χ0) is 42.6. The van der Waals surface area contributed by atoms with Gasteiger partial charge < -0.3 is 29.3 Å². The Balaban J connectivity index is 1.34. The van der Waals surface area contributed by atoms with Crippen LogP contribution < -0.4 is 9.47 Å². The van der Waals surface area contributed by atoms with Crippen LogP contribution in [0.25, 0.3) is 0 Å². The molecule has 4 aromatic rings. The molecular formula is C47H53FN4O8S.